The number of fused-ring (bicyclic) bond motifs is 4. The molecule has 0 saturated carbocycles. The van der Waals surface area contributed by atoms with Gasteiger partial charge in [-0.2, -0.15) is 0 Å². The van der Waals surface area contributed by atoms with Gasteiger partial charge in [0.2, 0.25) is 0 Å². The second-order valence-electron chi connectivity index (χ2n) is 8.51. The van der Waals surface area contributed by atoms with Gasteiger partial charge in [0.15, 0.2) is 0 Å². The zero-order valence-corrected chi connectivity index (χ0v) is 19.8. The number of allylic oxidation sites excluding steroid dienone is 2. The van der Waals surface area contributed by atoms with Crippen LogP contribution in [0.1, 0.15) is 42.5 Å². The first-order chi connectivity index (χ1) is 16.6. The summed E-state index contributed by atoms with van der Waals surface area (Å²) in [6.45, 7) is 5.37. The first-order valence-corrected chi connectivity index (χ1v) is 11.6. The maximum atomic E-state index is 13.7. The van der Waals surface area contributed by atoms with Crippen molar-refractivity contribution >= 4 is 16.5 Å². The summed E-state index contributed by atoms with van der Waals surface area (Å²) in [6.07, 6.45) is 2.92. The average Bonchev–Trinajstić information content (AvgIpc) is 3.23. The normalized spacial score (nSPS) is 12.6. The second kappa shape index (κ2) is 9.27. The van der Waals surface area contributed by atoms with Crippen LogP contribution in [0.2, 0.25) is 0 Å². The summed E-state index contributed by atoms with van der Waals surface area (Å²) >= 11 is 0. The van der Waals surface area contributed by atoms with E-state index in [0.29, 0.717) is 18.7 Å². The van der Waals surface area contributed by atoms with Crippen molar-refractivity contribution in [3.05, 3.63) is 99.3 Å². The molecule has 3 heterocycles. The largest absolute Gasteiger partial charge is 0.497 e. The third-order valence-electron chi connectivity index (χ3n) is 6.51. The summed E-state index contributed by atoms with van der Waals surface area (Å²) in [5.74, 6) is 0.794. The van der Waals surface area contributed by atoms with Gasteiger partial charge in [-0.1, -0.05) is 43.3 Å². The average molecular weight is 453 g/mol. The third-order valence-corrected chi connectivity index (χ3v) is 6.51. The molecular weight excluding hydrogens is 424 g/mol. The summed E-state index contributed by atoms with van der Waals surface area (Å²) in [4.78, 5) is 18.7. The lowest BCUT2D eigenvalue weighted by Crippen LogP contribution is -2.25. The van der Waals surface area contributed by atoms with Crippen LogP contribution in [0.25, 0.3) is 27.9 Å². The topological polar surface area (TPSA) is 53.4 Å². The van der Waals surface area contributed by atoms with Gasteiger partial charge in [-0.05, 0) is 60.4 Å². The van der Waals surface area contributed by atoms with Crippen LogP contribution in [0.3, 0.4) is 0 Å². The summed E-state index contributed by atoms with van der Waals surface area (Å²) in [5, 5.41) is 1.01. The number of methoxy groups -OCH3 is 1. The van der Waals surface area contributed by atoms with Crippen LogP contribution in [-0.4, -0.2) is 16.7 Å². The van der Waals surface area contributed by atoms with E-state index in [1.165, 1.54) is 0 Å². The highest BCUT2D eigenvalue weighted by Gasteiger charge is 2.26. The van der Waals surface area contributed by atoms with E-state index in [0.717, 1.165) is 56.7 Å². The van der Waals surface area contributed by atoms with Crippen LogP contribution in [0.15, 0.2) is 71.5 Å². The number of aromatic nitrogens is 2. The maximum Gasteiger partial charge on any atom is 0.257 e. The molecule has 0 fully saturated rings. The van der Waals surface area contributed by atoms with Gasteiger partial charge in [-0.3, -0.25) is 4.79 Å². The fourth-order valence-electron chi connectivity index (χ4n) is 4.70. The molecule has 5 heteroatoms. The van der Waals surface area contributed by atoms with Gasteiger partial charge in [0.1, 0.15) is 5.75 Å². The number of pyridine rings is 2. The summed E-state index contributed by atoms with van der Waals surface area (Å²) in [7, 11) is 1.66. The quantitative estimate of drug-likeness (QED) is 0.306. The SMILES string of the molecule is C/C=C(/CC)c1cc2n(c(=O)c1COCc1ccccc1)Cc1cc3cc(OC)ccc3nc1-2. The Hall–Kier alpha value is -3.70. The summed E-state index contributed by atoms with van der Waals surface area (Å²) in [6, 6.07) is 20.1. The smallest absolute Gasteiger partial charge is 0.257 e. The number of hydrogen-bond acceptors (Lipinski definition) is 4. The second-order valence-corrected chi connectivity index (χ2v) is 8.51. The molecule has 0 atom stereocenters. The highest BCUT2D eigenvalue weighted by Crippen LogP contribution is 2.35. The molecule has 0 bridgehead atoms. The van der Waals surface area contributed by atoms with E-state index in [2.05, 4.69) is 25.1 Å². The molecule has 2 aromatic heterocycles. The Morgan fingerprint density at radius 2 is 1.91 bits per heavy atom. The molecule has 1 aliphatic heterocycles. The lowest BCUT2D eigenvalue weighted by molar-refractivity contribution is 0.106. The fourth-order valence-corrected chi connectivity index (χ4v) is 4.70. The molecule has 4 aromatic rings. The van der Waals surface area contributed by atoms with Crippen molar-refractivity contribution in [2.24, 2.45) is 0 Å². The molecule has 0 radical (unpaired) electrons. The van der Waals surface area contributed by atoms with E-state index in [1.54, 1.807) is 7.11 Å². The van der Waals surface area contributed by atoms with E-state index >= 15 is 0 Å². The Morgan fingerprint density at radius 1 is 1.09 bits per heavy atom. The minimum atomic E-state index is -0.00648. The van der Waals surface area contributed by atoms with Gasteiger partial charge >= 0.3 is 0 Å². The Balaban J connectivity index is 1.57. The van der Waals surface area contributed by atoms with Crippen LogP contribution in [0.5, 0.6) is 5.75 Å². The summed E-state index contributed by atoms with van der Waals surface area (Å²) in [5.41, 5.74) is 7.55. The number of rotatable bonds is 7. The molecule has 0 saturated heterocycles. The van der Waals surface area contributed by atoms with Gasteiger partial charge in [0.25, 0.3) is 5.56 Å². The van der Waals surface area contributed by atoms with Crippen LogP contribution in [-0.2, 0) is 24.5 Å². The highest BCUT2D eigenvalue weighted by molar-refractivity contribution is 5.85. The Morgan fingerprint density at radius 3 is 2.65 bits per heavy atom. The van der Waals surface area contributed by atoms with E-state index in [-0.39, 0.29) is 12.2 Å². The van der Waals surface area contributed by atoms with Gasteiger partial charge in [0.05, 0.1) is 49.3 Å². The molecule has 172 valence electrons. The van der Waals surface area contributed by atoms with Crippen molar-refractivity contribution < 1.29 is 9.47 Å². The zero-order chi connectivity index (χ0) is 23.7. The van der Waals surface area contributed by atoms with Crippen molar-refractivity contribution in [3.63, 3.8) is 0 Å². The monoisotopic (exact) mass is 452 g/mol. The highest BCUT2D eigenvalue weighted by atomic mass is 16.5. The van der Waals surface area contributed by atoms with Gasteiger partial charge < -0.3 is 14.0 Å². The number of ether oxygens (including phenoxy) is 2. The minimum Gasteiger partial charge on any atom is -0.497 e. The van der Waals surface area contributed by atoms with Crippen molar-refractivity contribution in [3.8, 4) is 17.1 Å². The molecular formula is C29H28N2O3. The third kappa shape index (κ3) is 3.93. The molecule has 5 nitrogen and oxygen atoms in total. The number of benzene rings is 2. The van der Waals surface area contributed by atoms with Gasteiger partial charge in [0, 0.05) is 10.9 Å². The molecule has 2 aromatic carbocycles. The molecule has 0 N–H and O–H groups in total. The van der Waals surface area contributed by atoms with Gasteiger partial charge in [-0.25, -0.2) is 4.98 Å². The Labute approximate surface area is 199 Å². The number of nitrogens with zero attached hydrogens (tertiary/aromatic N) is 2. The molecule has 0 spiro atoms. The standard InChI is InChI=1S/C29H28N2O3/c1-4-20(5-2)24-15-27-28-22(13-21-14-23(33-3)11-12-26(21)30-28)16-31(27)29(32)25(24)18-34-17-19-9-7-6-8-10-19/h4,6-15H,5,16-18H2,1-3H3/b20-4-. The van der Waals surface area contributed by atoms with E-state index in [9.17, 15) is 4.79 Å². The minimum absolute atomic E-state index is 0.00648. The van der Waals surface area contributed by atoms with Crippen LogP contribution < -0.4 is 10.3 Å². The summed E-state index contributed by atoms with van der Waals surface area (Å²) < 4.78 is 13.2. The van der Waals surface area contributed by atoms with Crippen LogP contribution >= 0.6 is 0 Å². The first kappa shape index (κ1) is 22.1. The zero-order valence-electron chi connectivity index (χ0n) is 19.8. The Kier molecular flexibility index (Phi) is 6.03. The molecule has 34 heavy (non-hydrogen) atoms. The van der Waals surface area contributed by atoms with Crippen LogP contribution in [0, 0.1) is 0 Å². The first-order valence-electron chi connectivity index (χ1n) is 11.6. The van der Waals surface area contributed by atoms with E-state index < -0.39 is 0 Å². The number of hydrogen-bond donors (Lipinski definition) is 0. The van der Waals surface area contributed by atoms with Crippen molar-refractivity contribution in [2.45, 2.75) is 40.0 Å². The molecule has 0 aliphatic carbocycles. The lowest BCUT2D eigenvalue weighted by atomic mass is 9.97. The van der Waals surface area contributed by atoms with E-state index in [1.807, 2.05) is 60.0 Å². The fraction of sp³-hybridized carbons (Fsp3) is 0.241. The van der Waals surface area contributed by atoms with E-state index in [4.69, 9.17) is 14.5 Å². The lowest BCUT2D eigenvalue weighted by Gasteiger charge is -2.15. The molecule has 0 amide bonds. The predicted molar refractivity (Wildman–Crippen MR) is 136 cm³/mol. The maximum absolute atomic E-state index is 13.7. The molecule has 5 rings (SSSR count). The predicted octanol–water partition coefficient (Wildman–Crippen LogP) is 5.96. The van der Waals surface area contributed by atoms with Crippen LogP contribution in [0.4, 0.5) is 0 Å². The van der Waals surface area contributed by atoms with Crippen molar-refractivity contribution in [2.75, 3.05) is 7.11 Å². The van der Waals surface area contributed by atoms with Crippen molar-refractivity contribution in [1.29, 1.82) is 0 Å². The molecule has 1 aliphatic rings. The molecule has 0 unspecified atom stereocenters. The Bertz CT molecular complexity index is 1450. The van der Waals surface area contributed by atoms with Gasteiger partial charge in [-0.15, -0.1) is 0 Å². The van der Waals surface area contributed by atoms with Crippen molar-refractivity contribution in [1.82, 2.24) is 9.55 Å².